The number of anilines is 1. The van der Waals surface area contributed by atoms with Gasteiger partial charge in [0.25, 0.3) is 11.8 Å². The van der Waals surface area contributed by atoms with Crippen LogP contribution in [0.25, 0.3) is 0 Å². The van der Waals surface area contributed by atoms with Gasteiger partial charge in [-0.3, -0.25) is 23.7 Å². The third kappa shape index (κ3) is 5.41. The van der Waals surface area contributed by atoms with Gasteiger partial charge in [-0.2, -0.15) is 10.2 Å². The highest BCUT2D eigenvalue weighted by atomic mass is 16.5. The van der Waals surface area contributed by atoms with Crippen LogP contribution in [0.2, 0.25) is 0 Å². The molecule has 3 rings (SSSR count). The van der Waals surface area contributed by atoms with Crippen LogP contribution in [0.15, 0.2) is 18.5 Å². The zero-order valence-electron chi connectivity index (χ0n) is 16.1. The first-order valence-electron chi connectivity index (χ1n) is 9.50. The molecule has 11 nitrogen and oxygen atoms in total. The summed E-state index contributed by atoms with van der Waals surface area (Å²) in [5.41, 5.74) is 0.510. The van der Waals surface area contributed by atoms with Crippen molar-refractivity contribution >= 4 is 23.5 Å². The summed E-state index contributed by atoms with van der Waals surface area (Å²) in [5, 5.41) is 22.5. The van der Waals surface area contributed by atoms with Crippen LogP contribution in [0.4, 0.5) is 5.69 Å². The molecule has 0 radical (unpaired) electrons. The highest BCUT2D eigenvalue weighted by Crippen LogP contribution is 2.16. The minimum atomic E-state index is -0.947. The Morgan fingerprint density at radius 1 is 1.28 bits per heavy atom. The molecule has 3 heterocycles. The summed E-state index contributed by atoms with van der Waals surface area (Å²) in [6.07, 6.45) is 4.90. The molecule has 1 aliphatic rings. The third-order valence-electron chi connectivity index (χ3n) is 4.49. The van der Waals surface area contributed by atoms with Gasteiger partial charge in [0, 0.05) is 32.1 Å². The van der Waals surface area contributed by atoms with E-state index in [9.17, 15) is 14.4 Å². The predicted molar refractivity (Wildman–Crippen MR) is 102 cm³/mol. The van der Waals surface area contributed by atoms with Crippen molar-refractivity contribution < 1.29 is 24.2 Å². The molecule has 1 saturated heterocycles. The fourth-order valence-corrected chi connectivity index (χ4v) is 2.94. The lowest BCUT2D eigenvalue weighted by molar-refractivity contribution is -0.137. The number of carboxylic acids is 1. The van der Waals surface area contributed by atoms with Gasteiger partial charge in [-0.25, -0.2) is 0 Å². The number of carbonyl (C=O) groups excluding carboxylic acids is 2. The Labute approximate surface area is 167 Å². The second-order valence-electron chi connectivity index (χ2n) is 6.65. The number of aryl methyl sites for hydroxylation is 2. The maximum absolute atomic E-state index is 12.6. The number of ether oxygens (including phenoxy) is 1. The molecule has 1 atom stereocenters. The second-order valence-corrected chi connectivity index (χ2v) is 6.65. The number of hydrogen-bond donors (Lipinski definition) is 3. The first-order valence-corrected chi connectivity index (χ1v) is 9.50. The number of rotatable bonds is 9. The van der Waals surface area contributed by atoms with Crippen molar-refractivity contribution in [2.24, 2.45) is 0 Å². The Bertz CT molecular complexity index is 883. The van der Waals surface area contributed by atoms with Crippen LogP contribution in [0, 0.1) is 0 Å². The van der Waals surface area contributed by atoms with Crippen LogP contribution in [0.1, 0.15) is 47.2 Å². The van der Waals surface area contributed by atoms with Crippen LogP contribution in [-0.4, -0.2) is 61.7 Å². The molecule has 2 amide bonds. The average Bonchev–Trinajstić information content (AvgIpc) is 3.44. The molecule has 1 aliphatic heterocycles. The summed E-state index contributed by atoms with van der Waals surface area (Å²) in [6, 6.07) is 1.48. The first-order chi connectivity index (χ1) is 14.0. The van der Waals surface area contributed by atoms with Crippen molar-refractivity contribution in [3.8, 4) is 0 Å². The smallest absolute Gasteiger partial charge is 0.305 e. The van der Waals surface area contributed by atoms with Crippen LogP contribution in [-0.2, 0) is 22.6 Å². The highest BCUT2D eigenvalue weighted by molar-refractivity contribution is 6.07. The van der Waals surface area contributed by atoms with Gasteiger partial charge >= 0.3 is 5.97 Å². The molecule has 0 aromatic carbocycles. The lowest BCUT2D eigenvalue weighted by atomic mass is 10.2. The molecular weight excluding hydrogens is 380 g/mol. The topological polar surface area (TPSA) is 140 Å². The van der Waals surface area contributed by atoms with Gasteiger partial charge in [0.05, 0.1) is 24.8 Å². The van der Waals surface area contributed by atoms with Crippen molar-refractivity contribution in [2.75, 3.05) is 18.5 Å². The standard InChI is InChI=1S/C18H24N6O5/c1-2-23-11-14(16(22-23)18(28)19-10-12-4-3-9-29-12)20-17(27)13-5-7-24(21-13)8-6-15(25)26/h5,7,11-12H,2-4,6,8-10H2,1H3,(H,19,28)(H,20,27)(H,25,26). The van der Waals surface area contributed by atoms with Crippen LogP contribution < -0.4 is 10.6 Å². The lowest BCUT2D eigenvalue weighted by Crippen LogP contribution is -2.32. The van der Waals surface area contributed by atoms with Crippen LogP contribution in [0.3, 0.4) is 0 Å². The van der Waals surface area contributed by atoms with Gasteiger partial charge in [-0.1, -0.05) is 0 Å². The van der Waals surface area contributed by atoms with Crippen molar-refractivity contribution in [3.05, 3.63) is 29.8 Å². The lowest BCUT2D eigenvalue weighted by Gasteiger charge is -2.10. The van der Waals surface area contributed by atoms with E-state index in [0.717, 1.165) is 12.8 Å². The van der Waals surface area contributed by atoms with E-state index in [1.807, 2.05) is 6.92 Å². The zero-order chi connectivity index (χ0) is 20.8. The molecule has 2 aromatic rings. The van der Waals surface area contributed by atoms with Crippen molar-refractivity contribution in [1.29, 1.82) is 0 Å². The number of amides is 2. The van der Waals surface area contributed by atoms with Crippen LogP contribution in [0.5, 0.6) is 0 Å². The van der Waals surface area contributed by atoms with E-state index in [-0.39, 0.29) is 36.1 Å². The van der Waals surface area contributed by atoms with E-state index >= 15 is 0 Å². The van der Waals surface area contributed by atoms with Gasteiger partial charge in [0.2, 0.25) is 0 Å². The number of aliphatic carboxylic acids is 1. The van der Waals surface area contributed by atoms with Gasteiger partial charge in [0.1, 0.15) is 0 Å². The fourth-order valence-electron chi connectivity index (χ4n) is 2.94. The molecule has 2 aromatic heterocycles. The van der Waals surface area contributed by atoms with Crippen LogP contribution >= 0.6 is 0 Å². The predicted octanol–water partition coefficient (Wildman–Crippen LogP) is 0.735. The van der Waals surface area contributed by atoms with Crippen molar-refractivity contribution in [1.82, 2.24) is 24.9 Å². The maximum Gasteiger partial charge on any atom is 0.305 e. The highest BCUT2D eigenvalue weighted by Gasteiger charge is 2.22. The Morgan fingerprint density at radius 3 is 2.79 bits per heavy atom. The van der Waals surface area contributed by atoms with E-state index in [0.29, 0.717) is 19.7 Å². The van der Waals surface area contributed by atoms with E-state index in [4.69, 9.17) is 9.84 Å². The Morgan fingerprint density at radius 2 is 2.10 bits per heavy atom. The molecule has 0 bridgehead atoms. The summed E-state index contributed by atoms with van der Waals surface area (Å²) in [7, 11) is 0. The second kappa shape index (κ2) is 9.32. The molecule has 3 N–H and O–H groups in total. The van der Waals surface area contributed by atoms with Gasteiger partial charge in [-0.05, 0) is 25.8 Å². The quantitative estimate of drug-likeness (QED) is 0.560. The average molecular weight is 404 g/mol. The largest absolute Gasteiger partial charge is 0.481 e. The summed E-state index contributed by atoms with van der Waals surface area (Å²) in [4.78, 5) is 35.7. The fraction of sp³-hybridized carbons (Fsp3) is 0.500. The number of carboxylic acid groups (broad SMARTS) is 1. The molecule has 29 heavy (non-hydrogen) atoms. The van der Waals surface area contributed by atoms with E-state index in [2.05, 4.69) is 20.8 Å². The molecular formula is C18H24N6O5. The first kappa shape index (κ1) is 20.5. The molecule has 0 saturated carbocycles. The Hall–Kier alpha value is -3.21. The summed E-state index contributed by atoms with van der Waals surface area (Å²) < 4.78 is 8.44. The van der Waals surface area contributed by atoms with Gasteiger partial charge in [0.15, 0.2) is 11.4 Å². The minimum Gasteiger partial charge on any atom is -0.481 e. The number of nitrogens with zero attached hydrogens (tertiary/aromatic N) is 4. The molecule has 1 fully saturated rings. The van der Waals surface area contributed by atoms with E-state index in [1.165, 1.54) is 16.9 Å². The normalized spacial score (nSPS) is 16.0. The Balaban J connectivity index is 1.66. The van der Waals surface area contributed by atoms with Crippen molar-refractivity contribution in [2.45, 2.75) is 45.4 Å². The number of hydrogen-bond acceptors (Lipinski definition) is 6. The van der Waals surface area contributed by atoms with Gasteiger partial charge < -0.3 is 20.5 Å². The minimum absolute atomic E-state index is 0.0000175. The van der Waals surface area contributed by atoms with E-state index in [1.54, 1.807) is 10.9 Å². The molecule has 0 spiro atoms. The monoisotopic (exact) mass is 404 g/mol. The molecule has 156 valence electrons. The Kier molecular flexibility index (Phi) is 6.60. The summed E-state index contributed by atoms with van der Waals surface area (Å²) in [5.74, 6) is -1.85. The summed E-state index contributed by atoms with van der Waals surface area (Å²) >= 11 is 0. The SMILES string of the molecule is CCn1cc(NC(=O)c2ccn(CCC(=O)O)n2)c(C(=O)NCC2CCCO2)n1. The molecule has 0 aliphatic carbocycles. The number of aromatic nitrogens is 4. The third-order valence-corrected chi connectivity index (χ3v) is 4.49. The number of carbonyl (C=O) groups is 3. The zero-order valence-corrected chi connectivity index (χ0v) is 16.1. The van der Waals surface area contributed by atoms with Gasteiger partial charge in [-0.15, -0.1) is 0 Å². The molecule has 11 heteroatoms. The summed E-state index contributed by atoms with van der Waals surface area (Å²) in [6.45, 7) is 3.65. The van der Waals surface area contributed by atoms with E-state index < -0.39 is 17.8 Å². The molecule has 1 unspecified atom stereocenters. The van der Waals surface area contributed by atoms with Crippen molar-refractivity contribution in [3.63, 3.8) is 0 Å². The maximum atomic E-state index is 12.6. The number of nitrogens with one attached hydrogen (secondary N) is 2.